The molecule has 244 valence electrons. The minimum Gasteiger partial charge on any atom is -0.466 e. The number of nitrogens with zero attached hydrogens (tertiary/aromatic N) is 2. The van der Waals surface area contributed by atoms with Gasteiger partial charge in [-0.25, -0.2) is 9.59 Å². The summed E-state index contributed by atoms with van der Waals surface area (Å²) in [5, 5.41) is 2.93. The van der Waals surface area contributed by atoms with Crippen LogP contribution in [0.25, 0.3) is 0 Å². The molecular weight excluding hydrogens is 548 g/mol. The molecule has 10 nitrogen and oxygen atoms in total. The molecule has 0 saturated carbocycles. The van der Waals surface area contributed by atoms with Crippen LogP contribution in [0.15, 0.2) is 35.9 Å². The highest BCUT2D eigenvalue weighted by Gasteiger charge is 2.45. The first-order valence-corrected chi connectivity index (χ1v) is 14.7. The van der Waals surface area contributed by atoms with Crippen LogP contribution in [0.1, 0.15) is 88.1 Å². The number of nitrogens with one attached hydrogen (secondary N) is 1. The summed E-state index contributed by atoms with van der Waals surface area (Å²) in [6.07, 6.45) is 2.16. The summed E-state index contributed by atoms with van der Waals surface area (Å²) in [5.41, 5.74) is 5.28. The van der Waals surface area contributed by atoms with Crippen molar-refractivity contribution in [1.29, 1.82) is 0 Å². The molecule has 1 aromatic carbocycles. The lowest BCUT2D eigenvalue weighted by molar-refractivity contribution is -0.140. The molecule has 0 bridgehead atoms. The zero-order valence-electron chi connectivity index (χ0n) is 28.9. The molecule has 3 N–H and O–H groups in total. The standard InChI is InChI=1S/C30H48N4O6.C3H8/c1-19(26(37)39-12)16-17-33(10)25(36)22(28(2,3)4)32-24(35)23(34(11)27(38)40-29(5,6)7)30(8,9)20-14-13-15-21(31)18-20;1-3-2/h13-16,18,22-23H,17,31H2,1-12H3,(H,32,35);3H2,1-2H3/b19-16+;. The van der Waals surface area contributed by atoms with Crippen LogP contribution in [0.3, 0.4) is 0 Å². The number of nitrogen functional groups attached to an aromatic ring is 1. The first-order valence-electron chi connectivity index (χ1n) is 14.7. The molecule has 2 atom stereocenters. The fourth-order valence-corrected chi connectivity index (χ4v) is 4.22. The van der Waals surface area contributed by atoms with E-state index < -0.39 is 46.5 Å². The summed E-state index contributed by atoms with van der Waals surface area (Å²) in [7, 11) is 4.39. The van der Waals surface area contributed by atoms with E-state index in [0.717, 1.165) is 5.56 Å². The number of amides is 3. The molecule has 0 aromatic heterocycles. The molecule has 2 unspecified atom stereocenters. The Labute approximate surface area is 259 Å². The van der Waals surface area contributed by atoms with Gasteiger partial charge in [-0.2, -0.15) is 0 Å². The van der Waals surface area contributed by atoms with E-state index >= 15 is 0 Å². The van der Waals surface area contributed by atoms with Crippen molar-refractivity contribution in [2.24, 2.45) is 5.41 Å². The minimum absolute atomic E-state index is 0.137. The molecular formula is C33H56N4O6. The van der Waals surface area contributed by atoms with Gasteiger partial charge in [0.05, 0.1) is 7.11 Å². The molecule has 0 radical (unpaired) electrons. The monoisotopic (exact) mass is 604 g/mol. The highest BCUT2D eigenvalue weighted by atomic mass is 16.6. The number of anilines is 1. The third kappa shape index (κ3) is 12.3. The largest absolute Gasteiger partial charge is 0.466 e. The van der Waals surface area contributed by atoms with Crippen LogP contribution in [-0.2, 0) is 29.3 Å². The number of hydrogen-bond acceptors (Lipinski definition) is 7. The molecule has 0 spiro atoms. The van der Waals surface area contributed by atoms with E-state index in [4.69, 9.17) is 15.2 Å². The summed E-state index contributed by atoms with van der Waals surface area (Å²) < 4.78 is 10.3. The van der Waals surface area contributed by atoms with Gasteiger partial charge < -0.3 is 25.4 Å². The average Bonchev–Trinajstić information content (AvgIpc) is 2.87. The maximum Gasteiger partial charge on any atom is 0.410 e. The van der Waals surface area contributed by atoms with E-state index in [1.807, 2.05) is 40.7 Å². The molecule has 1 aromatic rings. The molecule has 0 aliphatic heterocycles. The Balaban J connectivity index is 0.00000562. The number of carbonyl (C=O) groups excluding carboxylic acids is 4. The van der Waals surface area contributed by atoms with E-state index in [0.29, 0.717) is 11.3 Å². The van der Waals surface area contributed by atoms with Crippen molar-refractivity contribution < 1.29 is 28.7 Å². The van der Waals surface area contributed by atoms with Gasteiger partial charge in [0.25, 0.3) is 0 Å². The first kappa shape index (κ1) is 39.4. The zero-order valence-corrected chi connectivity index (χ0v) is 28.9. The molecule has 43 heavy (non-hydrogen) atoms. The van der Waals surface area contributed by atoms with Crippen molar-refractivity contribution in [2.75, 3.05) is 33.5 Å². The summed E-state index contributed by atoms with van der Waals surface area (Å²) >= 11 is 0. The molecule has 0 aliphatic carbocycles. The van der Waals surface area contributed by atoms with Gasteiger partial charge >= 0.3 is 12.1 Å². The lowest BCUT2D eigenvalue weighted by atomic mass is 9.76. The Kier molecular flexibility index (Phi) is 15.0. The topological polar surface area (TPSA) is 131 Å². The Morgan fingerprint density at radius 3 is 1.98 bits per heavy atom. The van der Waals surface area contributed by atoms with E-state index in [-0.39, 0.29) is 12.5 Å². The number of esters is 1. The number of benzene rings is 1. The maximum absolute atomic E-state index is 14.1. The Hall–Kier alpha value is -3.56. The van der Waals surface area contributed by atoms with Gasteiger partial charge in [0, 0.05) is 37.3 Å². The molecule has 1 rings (SSSR count). The first-order chi connectivity index (χ1) is 19.5. The second-order valence-electron chi connectivity index (χ2n) is 13.5. The fraction of sp³-hybridized carbons (Fsp3) is 0.636. The lowest BCUT2D eigenvalue weighted by Gasteiger charge is -2.42. The van der Waals surface area contributed by atoms with Crippen molar-refractivity contribution in [3.05, 3.63) is 41.5 Å². The van der Waals surface area contributed by atoms with Gasteiger partial charge in [0.2, 0.25) is 11.8 Å². The smallest absolute Gasteiger partial charge is 0.410 e. The Morgan fingerprint density at radius 2 is 1.53 bits per heavy atom. The number of ether oxygens (including phenoxy) is 2. The number of methoxy groups -OCH3 is 1. The van der Waals surface area contributed by atoms with Gasteiger partial charge in [-0.05, 0) is 50.8 Å². The predicted octanol–water partition coefficient (Wildman–Crippen LogP) is 5.31. The van der Waals surface area contributed by atoms with Crippen molar-refractivity contribution in [2.45, 2.75) is 106 Å². The van der Waals surface area contributed by atoms with Crippen LogP contribution in [0.4, 0.5) is 10.5 Å². The number of likely N-dealkylation sites (N-methyl/N-ethyl adjacent to an activating group) is 2. The van der Waals surface area contributed by atoms with Crippen molar-refractivity contribution in [1.82, 2.24) is 15.1 Å². The fourth-order valence-electron chi connectivity index (χ4n) is 4.22. The second kappa shape index (κ2) is 16.3. The number of nitrogens with two attached hydrogens (primary N) is 1. The van der Waals surface area contributed by atoms with Crippen molar-refractivity contribution in [3.8, 4) is 0 Å². The van der Waals surface area contributed by atoms with Crippen LogP contribution in [0.5, 0.6) is 0 Å². The van der Waals surface area contributed by atoms with Crippen LogP contribution >= 0.6 is 0 Å². The van der Waals surface area contributed by atoms with E-state index in [1.165, 1.54) is 30.4 Å². The summed E-state index contributed by atoms with van der Waals surface area (Å²) in [6.45, 7) is 20.4. The maximum atomic E-state index is 14.1. The van der Waals surface area contributed by atoms with E-state index in [1.54, 1.807) is 59.0 Å². The molecule has 10 heteroatoms. The SMILES string of the molecule is CCC.COC(=O)/C(C)=C/CN(C)C(=O)C(NC(=O)C(N(C)C(=O)OC(C)(C)C)C(C)(C)c1cccc(N)c1)C(C)(C)C. The summed E-state index contributed by atoms with van der Waals surface area (Å²) in [5.74, 6) is -1.36. The van der Waals surface area contributed by atoms with E-state index in [9.17, 15) is 19.2 Å². The quantitative estimate of drug-likeness (QED) is 0.222. The number of carbonyl (C=O) groups is 4. The minimum atomic E-state index is -1.06. The molecule has 0 fully saturated rings. The lowest BCUT2D eigenvalue weighted by Crippen LogP contribution is -2.62. The van der Waals surface area contributed by atoms with Gasteiger partial charge in [0.15, 0.2) is 0 Å². The van der Waals surface area contributed by atoms with E-state index in [2.05, 4.69) is 19.2 Å². The van der Waals surface area contributed by atoms with Crippen molar-refractivity contribution in [3.63, 3.8) is 0 Å². The zero-order chi connectivity index (χ0) is 33.9. The molecule has 0 aliphatic rings. The predicted molar refractivity (Wildman–Crippen MR) is 172 cm³/mol. The molecule has 0 saturated heterocycles. The van der Waals surface area contributed by atoms with Crippen molar-refractivity contribution >= 4 is 29.6 Å². The van der Waals surface area contributed by atoms with Crippen LogP contribution in [-0.4, -0.2) is 79.1 Å². The average molecular weight is 605 g/mol. The number of hydrogen-bond donors (Lipinski definition) is 2. The molecule has 3 amide bonds. The molecule has 0 heterocycles. The van der Waals surface area contributed by atoms with Gasteiger partial charge in [-0.1, -0.05) is 73.1 Å². The van der Waals surface area contributed by atoms with Crippen LogP contribution < -0.4 is 11.1 Å². The third-order valence-corrected chi connectivity index (χ3v) is 6.59. The third-order valence-electron chi connectivity index (χ3n) is 6.59. The summed E-state index contributed by atoms with van der Waals surface area (Å²) in [6, 6.07) is 5.13. The Bertz CT molecular complexity index is 1130. The normalized spacial score (nSPS) is 13.5. The van der Waals surface area contributed by atoms with Gasteiger partial charge in [-0.15, -0.1) is 0 Å². The Morgan fingerprint density at radius 1 is 1.00 bits per heavy atom. The van der Waals surface area contributed by atoms with Gasteiger partial charge in [-0.3, -0.25) is 14.5 Å². The number of rotatable bonds is 9. The summed E-state index contributed by atoms with van der Waals surface area (Å²) in [4.78, 5) is 55.3. The highest BCUT2D eigenvalue weighted by molar-refractivity contribution is 5.93. The van der Waals surface area contributed by atoms with Gasteiger partial charge in [0.1, 0.15) is 17.7 Å². The van der Waals surface area contributed by atoms with Crippen LogP contribution in [0, 0.1) is 5.41 Å². The van der Waals surface area contributed by atoms with Crippen LogP contribution in [0.2, 0.25) is 0 Å². The highest BCUT2D eigenvalue weighted by Crippen LogP contribution is 2.33. The second-order valence-corrected chi connectivity index (χ2v) is 13.5.